The predicted molar refractivity (Wildman–Crippen MR) is 134 cm³/mol. The van der Waals surface area contributed by atoms with Crippen LogP contribution in [0.5, 0.6) is 5.75 Å². The summed E-state index contributed by atoms with van der Waals surface area (Å²) in [6.45, 7) is 5.95. The van der Waals surface area contributed by atoms with Crippen LogP contribution in [0.2, 0.25) is 0 Å². The molecular formula is C28H28N2O5. The van der Waals surface area contributed by atoms with Crippen LogP contribution in [-0.4, -0.2) is 33.3 Å². The first-order chi connectivity index (χ1) is 16.9. The van der Waals surface area contributed by atoms with E-state index in [1.165, 1.54) is 0 Å². The molecule has 0 aliphatic carbocycles. The van der Waals surface area contributed by atoms with Gasteiger partial charge < -0.3 is 14.6 Å². The van der Waals surface area contributed by atoms with Crippen molar-refractivity contribution in [2.75, 3.05) is 6.61 Å². The summed E-state index contributed by atoms with van der Waals surface area (Å²) in [6.07, 6.45) is -1.16. The quantitative estimate of drug-likeness (QED) is 0.374. The summed E-state index contributed by atoms with van der Waals surface area (Å²) in [7, 11) is 0. The van der Waals surface area contributed by atoms with E-state index in [0.717, 1.165) is 16.8 Å². The lowest BCUT2D eigenvalue weighted by atomic mass is 10.1. The number of rotatable bonds is 9. The molecule has 0 saturated carbocycles. The second-order valence-electron chi connectivity index (χ2n) is 8.35. The van der Waals surface area contributed by atoms with Gasteiger partial charge in [-0.2, -0.15) is 0 Å². The van der Waals surface area contributed by atoms with E-state index >= 15 is 0 Å². The van der Waals surface area contributed by atoms with Crippen LogP contribution in [0.1, 0.15) is 36.9 Å². The van der Waals surface area contributed by atoms with Crippen LogP contribution >= 0.6 is 0 Å². The van der Waals surface area contributed by atoms with Crippen LogP contribution < -0.4 is 10.3 Å². The maximum absolute atomic E-state index is 13.5. The molecule has 7 nitrogen and oxygen atoms in total. The highest BCUT2D eigenvalue weighted by molar-refractivity contribution is 5.78. The average Bonchev–Trinajstić information content (AvgIpc) is 2.85. The van der Waals surface area contributed by atoms with Gasteiger partial charge in [-0.25, -0.2) is 9.78 Å². The van der Waals surface area contributed by atoms with E-state index in [1.54, 1.807) is 29.7 Å². The van der Waals surface area contributed by atoms with E-state index in [0.29, 0.717) is 29.1 Å². The Balaban J connectivity index is 1.65. The molecule has 0 fully saturated rings. The van der Waals surface area contributed by atoms with E-state index in [-0.39, 0.29) is 12.0 Å². The van der Waals surface area contributed by atoms with Gasteiger partial charge in [-0.15, -0.1) is 0 Å². The standard InChI is InChI=1S/C28H28N2O5/c1-4-34-25(28(32)33)17-20-11-15-22(16-12-20)35-19(3)26-29-24-8-6-5-7-23(24)27(31)30(26)21-13-9-18(2)10-14-21/h5-16,19,25H,4,17H2,1-3H3,(H,32,33). The molecule has 1 heterocycles. The number of aromatic nitrogens is 2. The van der Waals surface area contributed by atoms with Crippen molar-refractivity contribution in [1.29, 1.82) is 0 Å². The van der Waals surface area contributed by atoms with E-state index in [2.05, 4.69) is 0 Å². The van der Waals surface area contributed by atoms with Crippen molar-refractivity contribution in [3.8, 4) is 11.4 Å². The van der Waals surface area contributed by atoms with Crippen LogP contribution in [0.15, 0.2) is 77.6 Å². The molecule has 2 atom stereocenters. The van der Waals surface area contributed by atoms with Crippen LogP contribution in [0, 0.1) is 6.92 Å². The molecule has 0 saturated heterocycles. The Kier molecular flexibility index (Phi) is 7.27. The Morgan fingerprint density at radius 3 is 2.37 bits per heavy atom. The summed E-state index contributed by atoms with van der Waals surface area (Å²) in [4.78, 5) is 29.6. The number of benzene rings is 3. The minimum absolute atomic E-state index is 0.157. The number of nitrogens with zero attached hydrogens (tertiary/aromatic N) is 2. The first-order valence-corrected chi connectivity index (χ1v) is 11.6. The molecule has 1 aromatic heterocycles. The number of aliphatic carboxylic acids is 1. The third-order valence-electron chi connectivity index (χ3n) is 5.76. The number of para-hydroxylation sites is 1. The molecular weight excluding hydrogens is 444 g/mol. The summed E-state index contributed by atoms with van der Waals surface area (Å²) in [5.74, 6) is 0.0866. The molecule has 4 aromatic rings. The molecule has 3 aromatic carbocycles. The molecule has 1 N–H and O–H groups in total. The number of carbonyl (C=O) groups is 1. The number of carboxylic acid groups (broad SMARTS) is 1. The molecule has 0 aliphatic heterocycles. The molecule has 0 radical (unpaired) electrons. The van der Waals surface area contributed by atoms with Crippen molar-refractivity contribution >= 4 is 16.9 Å². The van der Waals surface area contributed by atoms with Crippen molar-refractivity contribution in [3.63, 3.8) is 0 Å². The van der Waals surface area contributed by atoms with E-state index in [1.807, 2.05) is 68.4 Å². The maximum atomic E-state index is 13.5. The van der Waals surface area contributed by atoms with Crippen LogP contribution in [0.3, 0.4) is 0 Å². The van der Waals surface area contributed by atoms with Gasteiger partial charge in [0.05, 0.1) is 16.6 Å². The zero-order valence-electron chi connectivity index (χ0n) is 20.0. The van der Waals surface area contributed by atoms with Crippen molar-refractivity contribution in [3.05, 3.63) is 100 Å². The van der Waals surface area contributed by atoms with Gasteiger partial charge in [0.25, 0.3) is 5.56 Å². The molecule has 0 spiro atoms. The fourth-order valence-electron chi connectivity index (χ4n) is 3.96. The second kappa shape index (κ2) is 10.5. The Morgan fingerprint density at radius 2 is 1.71 bits per heavy atom. The highest BCUT2D eigenvalue weighted by Gasteiger charge is 2.20. The van der Waals surface area contributed by atoms with Crippen molar-refractivity contribution < 1.29 is 19.4 Å². The predicted octanol–water partition coefficient (Wildman–Crippen LogP) is 4.87. The van der Waals surface area contributed by atoms with Crippen molar-refractivity contribution in [2.24, 2.45) is 0 Å². The minimum Gasteiger partial charge on any atom is -0.483 e. The number of hydrogen-bond donors (Lipinski definition) is 1. The molecule has 4 rings (SSSR count). The van der Waals surface area contributed by atoms with Crippen molar-refractivity contribution in [2.45, 2.75) is 39.4 Å². The molecule has 2 unspecified atom stereocenters. The summed E-state index contributed by atoms with van der Waals surface area (Å²) < 4.78 is 13.1. The first kappa shape index (κ1) is 24.2. The lowest BCUT2D eigenvalue weighted by molar-refractivity contribution is -0.149. The van der Waals surface area contributed by atoms with Crippen LogP contribution in [0.25, 0.3) is 16.6 Å². The minimum atomic E-state index is -0.989. The van der Waals surface area contributed by atoms with E-state index in [4.69, 9.17) is 14.5 Å². The third kappa shape index (κ3) is 5.41. The fraction of sp³-hybridized carbons (Fsp3) is 0.250. The van der Waals surface area contributed by atoms with Gasteiger partial charge in [-0.1, -0.05) is 42.0 Å². The van der Waals surface area contributed by atoms with Gasteiger partial charge in [-0.3, -0.25) is 9.36 Å². The summed E-state index contributed by atoms with van der Waals surface area (Å²) in [5, 5.41) is 9.85. The molecule has 7 heteroatoms. The smallest absolute Gasteiger partial charge is 0.333 e. The molecule has 35 heavy (non-hydrogen) atoms. The Morgan fingerprint density at radius 1 is 1.03 bits per heavy atom. The monoisotopic (exact) mass is 472 g/mol. The van der Waals surface area contributed by atoms with Gasteiger partial charge in [0.15, 0.2) is 18.0 Å². The maximum Gasteiger partial charge on any atom is 0.333 e. The highest BCUT2D eigenvalue weighted by Crippen LogP contribution is 2.24. The van der Waals surface area contributed by atoms with E-state index < -0.39 is 18.2 Å². The number of aryl methyl sites for hydroxylation is 1. The number of fused-ring (bicyclic) bond motifs is 1. The molecule has 0 bridgehead atoms. The lowest BCUT2D eigenvalue weighted by Crippen LogP contribution is -2.26. The molecule has 0 amide bonds. The van der Waals surface area contributed by atoms with Gasteiger partial charge in [0, 0.05) is 13.0 Å². The summed E-state index contributed by atoms with van der Waals surface area (Å²) in [5.41, 5.74) is 3.09. The number of carboxylic acids is 1. The fourth-order valence-corrected chi connectivity index (χ4v) is 3.96. The summed E-state index contributed by atoms with van der Waals surface area (Å²) in [6, 6.07) is 22.2. The zero-order valence-corrected chi connectivity index (χ0v) is 20.0. The van der Waals surface area contributed by atoms with Gasteiger partial charge in [-0.05, 0) is 62.7 Å². The zero-order chi connectivity index (χ0) is 24.9. The topological polar surface area (TPSA) is 90.7 Å². The molecule has 0 aliphatic rings. The van der Waals surface area contributed by atoms with Crippen molar-refractivity contribution in [1.82, 2.24) is 9.55 Å². The SMILES string of the molecule is CCOC(Cc1ccc(OC(C)c2nc3ccccc3c(=O)n2-c2ccc(C)cc2)cc1)C(=O)O. The van der Waals surface area contributed by atoms with E-state index in [9.17, 15) is 14.7 Å². The lowest BCUT2D eigenvalue weighted by Gasteiger charge is -2.20. The summed E-state index contributed by atoms with van der Waals surface area (Å²) >= 11 is 0. The van der Waals surface area contributed by atoms with Crippen LogP contribution in [0.4, 0.5) is 0 Å². The van der Waals surface area contributed by atoms with Crippen LogP contribution in [-0.2, 0) is 16.0 Å². The van der Waals surface area contributed by atoms with Gasteiger partial charge >= 0.3 is 5.97 Å². The number of hydrogen-bond acceptors (Lipinski definition) is 5. The third-order valence-corrected chi connectivity index (χ3v) is 5.76. The highest BCUT2D eigenvalue weighted by atomic mass is 16.5. The largest absolute Gasteiger partial charge is 0.483 e. The number of ether oxygens (including phenoxy) is 2. The normalized spacial score (nSPS) is 12.9. The first-order valence-electron chi connectivity index (χ1n) is 11.6. The van der Waals surface area contributed by atoms with Gasteiger partial charge in [0.1, 0.15) is 5.75 Å². The second-order valence-corrected chi connectivity index (χ2v) is 8.35. The van der Waals surface area contributed by atoms with Gasteiger partial charge in [0.2, 0.25) is 0 Å². The Bertz CT molecular complexity index is 1380. The average molecular weight is 473 g/mol. The Labute approximate surface area is 203 Å². The Hall–Kier alpha value is -3.97. The molecule has 180 valence electrons.